The second kappa shape index (κ2) is 6.66. The summed E-state index contributed by atoms with van der Waals surface area (Å²) in [6, 6.07) is 5.68. The molecule has 0 spiro atoms. The molecule has 0 aromatic heterocycles. The fraction of sp³-hybridized carbons (Fsp3) is 0.429. The van der Waals surface area contributed by atoms with Crippen molar-refractivity contribution in [2.24, 2.45) is 0 Å². The lowest BCUT2D eigenvalue weighted by Crippen LogP contribution is -2.62. The molecule has 0 radical (unpaired) electrons. The first kappa shape index (κ1) is 20.3. The van der Waals surface area contributed by atoms with Crippen molar-refractivity contribution < 1.29 is 44.3 Å². The number of hydrogen-bond donors (Lipinski definition) is 0. The monoisotopic (exact) mass is 366 g/mol. The van der Waals surface area contributed by atoms with E-state index in [0.717, 1.165) is 0 Å². The topological polar surface area (TPSA) is 9.23 Å². The van der Waals surface area contributed by atoms with Crippen LogP contribution in [0.15, 0.2) is 30.8 Å². The van der Waals surface area contributed by atoms with Gasteiger partial charge in [0.2, 0.25) is 0 Å². The van der Waals surface area contributed by atoms with E-state index in [-0.39, 0.29) is 5.56 Å². The molecule has 0 amide bonds. The van der Waals surface area contributed by atoms with E-state index in [1.165, 1.54) is 30.3 Å². The summed E-state index contributed by atoms with van der Waals surface area (Å²) < 4.78 is 117. The fourth-order valence-corrected chi connectivity index (χ4v) is 1.55. The largest absolute Gasteiger partial charge is 0.460 e. The molecule has 1 aromatic rings. The molecular weight excluding hydrogens is 355 g/mol. The molecule has 0 bridgehead atoms. The van der Waals surface area contributed by atoms with Crippen molar-refractivity contribution in [1.29, 1.82) is 0 Å². The zero-order valence-corrected chi connectivity index (χ0v) is 11.8. The van der Waals surface area contributed by atoms with E-state index in [4.69, 9.17) is 0 Å². The van der Waals surface area contributed by atoms with E-state index in [0.29, 0.717) is 5.56 Å². The smallest absolute Gasteiger partial charge is 0.370 e. The van der Waals surface area contributed by atoms with Crippen molar-refractivity contribution in [2.45, 2.75) is 30.6 Å². The van der Waals surface area contributed by atoms with E-state index in [1.807, 2.05) is 0 Å². The van der Waals surface area contributed by atoms with Gasteiger partial charge in [-0.15, -0.1) is 0 Å². The average Bonchev–Trinajstić information content (AvgIpc) is 2.46. The maximum atomic E-state index is 13.2. The van der Waals surface area contributed by atoms with Crippen molar-refractivity contribution in [2.75, 3.05) is 6.61 Å². The molecule has 136 valence electrons. The third kappa shape index (κ3) is 3.85. The van der Waals surface area contributed by atoms with E-state index in [9.17, 15) is 39.5 Å². The highest BCUT2D eigenvalue weighted by atomic mass is 19.4. The van der Waals surface area contributed by atoms with Crippen LogP contribution in [0.5, 0.6) is 0 Å². The summed E-state index contributed by atoms with van der Waals surface area (Å²) in [7, 11) is 0. The molecule has 1 aromatic carbocycles. The van der Waals surface area contributed by atoms with Crippen molar-refractivity contribution in [1.82, 2.24) is 0 Å². The Labute approximate surface area is 130 Å². The molecule has 0 aliphatic carbocycles. The lowest BCUT2D eigenvalue weighted by atomic mass is 10.0. The predicted octanol–water partition coefficient (Wildman–Crippen LogP) is 5.31. The van der Waals surface area contributed by atoms with E-state index < -0.39 is 37.2 Å². The lowest BCUT2D eigenvalue weighted by Gasteiger charge is -2.33. The minimum atomic E-state index is -6.90. The van der Waals surface area contributed by atoms with E-state index in [1.54, 1.807) is 0 Å². The highest BCUT2D eigenvalue weighted by Gasteiger charge is 2.81. The molecule has 1 nitrogen and oxygen atoms in total. The molecule has 0 aliphatic rings. The van der Waals surface area contributed by atoms with Gasteiger partial charge < -0.3 is 4.74 Å². The summed E-state index contributed by atoms with van der Waals surface area (Å²) >= 11 is 0. The molecule has 10 heteroatoms. The molecule has 0 atom stereocenters. The van der Waals surface area contributed by atoms with Gasteiger partial charge in [0.25, 0.3) is 0 Å². The molecule has 0 saturated carbocycles. The van der Waals surface area contributed by atoms with E-state index in [2.05, 4.69) is 11.3 Å². The van der Waals surface area contributed by atoms with Crippen LogP contribution in [0.1, 0.15) is 11.1 Å². The summed E-state index contributed by atoms with van der Waals surface area (Å²) in [5.74, 6) is -19.3. The zero-order valence-electron chi connectivity index (χ0n) is 11.8. The molecular formula is C14H11F9O. The van der Waals surface area contributed by atoms with Crippen LogP contribution in [0.3, 0.4) is 0 Å². The highest BCUT2D eigenvalue weighted by molar-refractivity contribution is 5.47. The van der Waals surface area contributed by atoms with Gasteiger partial charge in [0.05, 0.1) is 6.61 Å². The van der Waals surface area contributed by atoms with Gasteiger partial charge >= 0.3 is 23.9 Å². The van der Waals surface area contributed by atoms with Gasteiger partial charge in [-0.05, 0) is 11.1 Å². The highest BCUT2D eigenvalue weighted by Crippen LogP contribution is 2.53. The first-order valence-electron chi connectivity index (χ1n) is 6.25. The van der Waals surface area contributed by atoms with Crippen molar-refractivity contribution >= 4 is 6.08 Å². The van der Waals surface area contributed by atoms with Crippen LogP contribution in [0.2, 0.25) is 0 Å². The van der Waals surface area contributed by atoms with E-state index >= 15 is 0 Å². The molecule has 0 fully saturated rings. The fourth-order valence-electron chi connectivity index (χ4n) is 1.55. The van der Waals surface area contributed by atoms with Gasteiger partial charge in [-0.2, -0.15) is 39.5 Å². The van der Waals surface area contributed by atoms with Crippen molar-refractivity contribution in [3.8, 4) is 0 Å². The number of benzene rings is 1. The summed E-state index contributed by atoms with van der Waals surface area (Å²) in [6.45, 7) is 0.458. The number of alkyl halides is 9. The summed E-state index contributed by atoms with van der Waals surface area (Å²) in [5.41, 5.74) is 0.878. The van der Waals surface area contributed by atoms with Gasteiger partial charge in [-0.3, -0.25) is 0 Å². The standard InChI is InChI=1S/C14H11F9O/c1-2-9-3-5-10(6-4-9)7-24-8-11(15,16)12(17,18)13(19,20)14(21,22)23/h2-6H,1,7-8H2. The maximum absolute atomic E-state index is 13.2. The van der Waals surface area contributed by atoms with Gasteiger partial charge in [-0.25, -0.2) is 0 Å². The summed E-state index contributed by atoms with van der Waals surface area (Å²) in [6.07, 6.45) is -5.38. The van der Waals surface area contributed by atoms with Gasteiger partial charge in [0.15, 0.2) is 0 Å². The van der Waals surface area contributed by atoms with Crippen LogP contribution in [-0.2, 0) is 11.3 Å². The Balaban J connectivity index is 2.79. The minimum Gasteiger partial charge on any atom is -0.370 e. The van der Waals surface area contributed by atoms with Gasteiger partial charge in [-0.1, -0.05) is 36.9 Å². The second-order valence-corrected chi connectivity index (χ2v) is 4.79. The molecule has 0 aliphatic heterocycles. The summed E-state index contributed by atoms with van der Waals surface area (Å²) in [4.78, 5) is 0. The van der Waals surface area contributed by atoms with Crippen molar-refractivity contribution in [3.05, 3.63) is 42.0 Å². The number of rotatable bonds is 7. The number of hydrogen-bond acceptors (Lipinski definition) is 1. The molecule has 0 heterocycles. The Morgan fingerprint density at radius 1 is 0.833 bits per heavy atom. The average molecular weight is 366 g/mol. The molecule has 0 saturated heterocycles. The second-order valence-electron chi connectivity index (χ2n) is 4.79. The Morgan fingerprint density at radius 2 is 1.33 bits per heavy atom. The minimum absolute atomic E-state index is 0.224. The van der Waals surface area contributed by atoms with Crippen LogP contribution in [0, 0.1) is 0 Å². The van der Waals surface area contributed by atoms with Crippen molar-refractivity contribution in [3.63, 3.8) is 0 Å². The Bertz CT molecular complexity index is 561. The third-order valence-corrected chi connectivity index (χ3v) is 2.98. The Kier molecular flexibility index (Phi) is 5.64. The Hall–Kier alpha value is -1.71. The van der Waals surface area contributed by atoms with Gasteiger partial charge in [0, 0.05) is 0 Å². The third-order valence-electron chi connectivity index (χ3n) is 2.98. The first-order chi connectivity index (χ1) is 10.8. The molecule has 1 rings (SSSR count). The number of halogens is 9. The normalized spacial score (nSPS) is 13.9. The lowest BCUT2D eigenvalue weighted by molar-refractivity contribution is -0.400. The SMILES string of the molecule is C=Cc1ccc(COCC(F)(F)C(F)(F)C(F)(F)C(F)(F)F)cc1. The van der Waals surface area contributed by atoms with Crippen LogP contribution in [-0.4, -0.2) is 30.6 Å². The predicted molar refractivity (Wildman–Crippen MR) is 67.1 cm³/mol. The quantitative estimate of drug-likeness (QED) is 0.594. The van der Waals surface area contributed by atoms with Crippen LogP contribution < -0.4 is 0 Å². The molecule has 0 unspecified atom stereocenters. The van der Waals surface area contributed by atoms with Crippen LogP contribution in [0.25, 0.3) is 6.08 Å². The summed E-state index contributed by atoms with van der Waals surface area (Å²) in [5, 5.41) is 0. The number of ether oxygens (including phenoxy) is 1. The van der Waals surface area contributed by atoms with Gasteiger partial charge in [0.1, 0.15) is 6.61 Å². The maximum Gasteiger partial charge on any atom is 0.460 e. The first-order valence-corrected chi connectivity index (χ1v) is 6.25. The molecule has 24 heavy (non-hydrogen) atoms. The zero-order chi connectivity index (χ0) is 18.8. The van der Waals surface area contributed by atoms with Crippen LogP contribution >= 0.6 is 0 Å². The van der Waals surface area contributed by atoms with Crippen LogP contribution in [0.4, 0.5) is 39.5 Å². The molecule has 0 N–H and O–H groups in total. The Morgan fingerprint density at radius 3 is 1.75 bits per heavy atom.